The molecule has 180 valence electrons. The number of hydrogen-bond acceptors (Lipinski definition) is 5. The van der Waals surface area contributed by atoms with Crippen LogP contribution < -0.4 is 9.47 Å². The third kappa shape index (κ3) is 6.32. The Morgan fingerprint density at radius 2 is 1.86 bits per heavy atom. The Bertz CT molecular complexity index is 1300. The van der Waals surface area contributed by atoms with Gasteiger partial charge in [-0.2, -0.15) is 0 Å². The lowest BCUT2D eigenvalue weighted by Gasteiger charge is -2.15. The summed E-state index contributed by atoms with van der Waals surface area (Å²) in [5, 5.41) is 0. The van der Waals surface area contributed by atoms with E-state index < -0.39 is 5.97 Å². The average Bonchev–Trinajstić information content (AvgIpc) is 3.19. The third-order valence-corrected chi connectivity index (χ3v) is 6.65. The average molecular weight is 646 g/mol. The van der Waals surface area contributed by atoms with Crippen LogP contribution in [0.2, 0.25) is 0 Å². The van der Waals surface area contributed by atoms with Crippen LogP contribution in [0.1, 0.15) is 48.9 Å². The Labute approximate surface area is 227 Å². The Morgan fingerprint density at radius 1 is 1.09 bits per heavy atom. The molecule has 0 N–H and O–H groups in total. The molecule has 4 rings (SSSR count). The van der Waals surface area contributed by atoms with E-state index in [4.69, 9.17) is 14.2 Å². The minimum Gasteiger partial charge on any atom is -0.490 e. The number of hydrogen-bond donors (Lipinski definition) is 0. The molecule has 1 aliphatic heterocycles. The summed E-state index contributed by atoms with van der Waals surface area (Å²) in [6.07, 6.45) is 1.71. The number of carbonyl (C=O) groups excluding carboxylic acids is 1. The van der Waals surface area contributed by atoms with Gasteiger partial charge in [0.2, 0.25) is 5.90 Å². The largest absolute Gasteiger partial charge is 0.490 e. The lowest BCUT2D eigenvalue weighted by molar-refractivity contribution is -0.129. The zero-order valence-electron chi connectivity index (χ0n) is 19.7. The molecule has 3 aromatic carbocycles. The van der Waals surface area contributed by atoms with E-state index in [2.05, 4.69) is 57.4 Å². The van der Waals surface area contributed by atoms with Gasteiger partial charge in [0.05, 0.1) is 10.2 Å². The number of carbonyl (C=O) groups is 1. The van der Waals surface area contributed by atoms with Crippen molar-refractivity contribution >= 4 is 56.5 Å². The molecule has 0 unspecified atom stereocenters. The second-order valence-corrected chi connectivity index (χ2v) is 10.4. The standard InChI is InChI=1S/C28H25BrINO4/c1-4-33-25-15-19(13-23(30)26(25)34-16-18-6-5-7-22(29)12-18)14-24-28(32)35-27(31-24)21-10-8-20(9-11-21)17(2)3/h5-15,17H,4,16H2,1-3H3/b24-14-. The van der Waals surface area contributed by atoms with Gasteiger partial charge < -0.3 is 14.2 Å². The molecule has 0 atom stereocenters. The predicted octanol–water partition coefficient (Wildman–Crippen LogP) is 7.50. The van der Waals surface area contributed by atoms with Crippen LogP contribution in [0.5, 0.6) is 11.5 Å². The van der Waals surface area contributed by atoms with Gasteiger partial charge in [-0.1, -0.05) is 54.0 Å². The number of halogens is 2. The topological polar surface area (TPSA) is 57.1 Å². The lowest BCUT2D eigenvalue weighted by atomic mass is 10.0. The maximum atomic E-state index is 12.5. The highest BCUT2D eigenvalue weighted by Crippen LogP contribution is 2.36. The SMILES string of the molecule is CCOc1cc(/C=C2\N=C(c3ccc(C(C)C)cc3)OC2=O)cc(I)c1OCc1cccc(Br)c1. The minimum absolute atomic E-state index is 0.244. The molecule has 7 heteroatoms. The first-order valence-electron chi connectivity index (χ1n) is 11.3. The fourth-order valence-corrected chi connectivity index (χ4v) is 4.79. The summed E-state index contributed by atoms with van der Waals surface area (Å²) >= 11 is 5.71. The van der Waals surface area contributed by atoms with Gasteiger partial charge in [-0.05, 0) is 94.6 Å². The van der Waals surface area contributed by atoms with Crippen molar-refractivity contribution in [3.63, 3.8) is 0 Å². The van der Waals surface area contributed by atoms with Gasteiger partial charge in [-0.15, -0.1) is 0 Å². The van der Waals surface area contributed by atoms with Crippen LogP contribution in [0.3, 0.4) is 0 Å². The Morgan fingerprint density at radius 3 is 2.54 bits per heavy atom. The number of esters is 1. The molecule has 0 saturated carbocycles. The smallest absolute Gasteiger partial charge is 0.363 e. The first kappa shape index (κ1) is 25.4. The first-order valence-corrected chi connectivity index (χ1v) is 13.2. The van der Waals surface area contributed by atoms with Crippen LogP contribution in [0, 0.1) is 3.57 Å². The van der Waals surface area contributed by atoms with E-state index in [9.17, 15) is 4.79 Å². The molecule has 0 radical (unpaired) electrons. The highest BCUT2D eigenvalue weighted by atomic mass is 127. The molecule has 1 heterocycles. The van der Waals surface area contributed by atoms with Crippen LogP contribution in [0.15, 0.2) is 75.8 Å². The van der Waals surface area contributed by atoms with E-state index in [-0.39, 0.29) is 5.70 Å². The fourth-order valence-electron chi connectivity index (χ4n) is 3.56. The van der Waals surface area contributed by atoms with E-state index in [0.29, 0.717) is 36.5 Å². The molecule has 0 bridgehead atoms. The second kappa shape index (κ2) is 11.4. The van der Waals surface area contributed by atoms with E-state index in [1.54, 1.807) is 6.08 Å². The molecule has 0 aromatic heterocycles. The summed E-state index contributed by atoms with van der Waals surface area (Å²) in [6, 6.07) is 19.7. The zero-order valence-corrected chi connectivity index (χ0v) is 23.4. The van der Waals surface area contributed by atoms with E-state index >= 15 is 0 Å². The predicted molar refractivity (Wildman–Crippen MR) is 150 cm³/mol. The van der Waals surface area contributed by atoms with Crippen LogP contribution in [0.4, 0.5) is 0 Å². The Hall–Kier alpha value is -2.65. The van der Waals surface area contributed by atoms with E-state index in [1.807, 2.05) is 67.6 Å². The monoisotopic (exact) mass is 645 g/mol. The zero-order chi connectivity index (χ0) is 24.9. The highest BCUT2D eigenvalue weighted by Gasteiger charge is 2.24. The summed E-state index contributed by atoms with van der Waals surface area (Å²) in [5.74, 6) is 1.54. The van der Waals surface area contributed by atoms with Gasteiger partial charge in [-0.3, -0.25) is 0 Å². The number of aliphatic imine (C=N–C) groups is 1. The molecule has 0 amide bonds. The van der Waals surface area contributed by atoms with Gasteiger partial charge in [0.1, 0.15) is 6.61 Å². The van der Waals surface area contributed by atoms with Crippen LogP contribution >= 0.6 is 38.5 Å². The Kier molecular flexibility index (Phi) is 8.28. The van der Waals surface area contributed by atoms with Crippen molar-refractivity contribution in [2.24, 2.45) is 4.99 Å². The van der Waals surface area contributed by atoms with Gasteiger partial charge in [0.25, 0.3) is 0 Å². The normalized spacial score (nSPS) is 14.3. The van der Waals surface area contributed by atoms with Gasteiger partial charge in [0.15, 0.2) is 17.2 Å². The van der Waals surface area contributed by atoms with Crippen molar-refractivity contribution in [3.8, 4) is 11.5 Å². The molecule has 0 spiro atoms. The summed E-state index contributed by atoms with van der Waals surface area (Å²) < 4.78 is 19.3. The third-order valence-electron chi connectivity index (χ3n) is 5.35. The van der Waals surface area contributed by atoms with Gasteiger partial charge >= 0.3 is 5.97 Å². The molecule has 0 fully saturated rings. The molecule has 3 aromatic rings. The van der Waals surface area contributed by atoms with Crippen molar-refractivity contribution in [1.29, 1.82) is 0 Å². The van der Waals surface area contributed by atoms with E-state index in [1.165, 1.54) is 5.56 Å². The van der Waals surface area contributed by atoms with Crippen LogP contribution in [-0.4, -0.2) is 18.5 Å². The summed E-state index contributed by atoms with van der Waals surface area (Å²) in [4.78, 5) is 17.0. The number of benzene rings is 3. The van der Waals surface area contributed by atoms with Crippen molar-refractivity contribution < 1.29 is 19.0 Å². The number of nitrogens with zero attached hydrogens (tertiary/aromatic N) is 1. The summed E-state index contributed by atoms with van der Waals surface area (Å²) in [6.45, 7) is 7.09. The number of rotatable bonds is 8. The molecule has 35 heavy (non-hydrogen) atoms. The molecular formula is C28H25BrINO4. The minimum atomic E-state index is -0.476. The van der Waals surface area contributed by atoms with Crippen molar-refractivity contribution in [2.45, 2.75) is 33.3 Å². The van der Waals surface area contributed by atoms with Crippen LogP contribution in [-0.2, 0) is 16.1 Å². The second-order valence-electron chi connectivity index (χ2n) is 8.29. The van der Waals surface area contributed by atoms with Gasteiger partial charge in [0, 0.05) is 10.0 Å². The van der Waals surface area contributed by atoms with Crippen molar-refractivity contribution in [3.05, 3.63) is 96.7 Å². The maximum absolute atomic E-state index is 12.5. The molecule has 1 aliphatic rings. The number of ether oxygens (including phenoxy) is 3. The highest BCUT2D eigenvalue weighted by molar-refractivity contribution is 14.1. The summed E-state index contributed by atoms with van der Waals surface area (Å²) in [5.41, 5.74) is 4.05. The lowest BCUT2D eigenvalue weighted by Crippen LogP contribution is -2.05. The Balaban J connectivity index is 1.59. The molecule has 5 nitrogen and oxygen atoms in total. The molecule has 0 aliphatic carbocycles. The van der Waals surface area contributed by atoms with Crippen molar-refractivity contribution in [1.82, 2.24) is 0 Å². The fraction of sp³-hybridized carbons (Fsp3) is 0.214. The van der Waals surface area contributed by atoms with Gasteiger partial charge in [-0.25, -0.2) is 9.79 Å². The number of cyclic esters (lactones) is 1. The summed E-state index contributed by atoms with van der Waals surface area (Å²) in [7, 11) is 0. The molecular weight excluding hydrogens is 621 g/mol. The van der Waals surface area contributed by atoms with E-state index in [0.717, 1.165) is 24.7 Å². The van der Waals surface area contributed by atoms with Crippen LogP contribution in [0.25, 0.3) is 6.08 Å². The van der Waals surface area contributed by atoms with Crippen molar-refractivity contribution in [2.75, 3.05) is 6.61 Å². The first-order chi connectivity index (χ1) is 16.8. The molecule has 0 saturated heterocycles. The maximum Gasteiger partial charge on any atom is 0.363 e. The quantitative estimate of drug-likeness (QED) is 0.145.